The number of hydrogen-bond donors (Lipinski definition) is 0. The van der Waals surface area contributed by atoms with Crippen LogP contribution in [-0.2, 0) is 0 Å². The number of hydrogen-bond acceptors (Lipinski definition) is 4. The van der Waals surface area contributed by atoms with Crippen LogP contribution in [0.3, 0.4) is 0 Å². The molecule has 0 amide bonds. The first-order valence-corrected chi connectivity index (χ1v) is 5.37. The van der Waals surface area contributed by atoms with Gasteiger partial charge in [-0.05, 0) is 31.4 Å². The Bertz CT molecular complexity index is 516. The largest absolute Gasteiger partial charge is 0.334 e. The SMILES string of the molecule is C1=C(c2nc(-c3cccnc3)no2)CCC1. The maximum absolute atomic E-state index is 5.25. The zero-order valence-electron chi connectivity index (χ0n) is 8.76. The Morgan fingerprint density at radius 1 is 1.31 bits per heavy atom. The number of rotatable bonds is 2. The molecular formula is C12H11N3O. The highest BCUT2D eigenvalue weighted by molar-refractivity contribution is 5.62. The average molecular weight is 213 g/mol. The summed E-state index contributed by atoms with van der Waals surface area (Å²) in [6.07, 6.45) is 8.96. The van der Waals surface area contributed by atoms with E-state index in [2.05, 4.69) is 21.2 Å². The van der Waals surface area contributed by atoms with Crippen LogP contribution in [0.1, 0.15) is 25.2 Å². The van der Waals surface area contributed by atoms with E-state index in [1.54, 1.807) is 12.4 Å². The Hall–Kier alpha value is -1.97. The molecule has 4 heteroatoms. The third-order valence-corrected chi connectivity index (χ3v) is 2.66. The highest BCUT2D eigenvalue weighted by atomic mass is 16.5. The summed E-state index contributed by atoms with van der Waals surface area (Å²) in [5, 5.41) is 3.96. The van der Waals surface area contributed by atoms with Gasteiger partial charge >= 0.3 is 0 Å². The molecular weight excluding hydrogens is 202 g/mol. The van der Waals surface area contributed by atoms with Crippen molar-refractivity contribution < 1.29 is 4.52 Å². The molecule has 80 valence electrons. The maximum Gasteiger partial charge on any atom is 0.253 e. The van der Waals surface area contributed by atoms with Gasteiger partial charge in [0.05, 0.1) is 0 Å². The van der Waals surface area contributed by atoms with Gasteiger partial charge in [0.15, 0.2) is 0 Å². The Kier molecular flexibility index (Phi) is 2.25. The topological polar surface area (TPSA) is 51.8 Å². The molecule has 0 bridgehead atoms. The minimum absolute atomic E-state index is 0.607. The van der Waals surface area contributed by atoms with Crippen molar-refractivity contribution >= 4 is 5.57 Å². The molecule has 2 heterocycles. The molecule has 2 aromatic rings. The predicted molar refractivity (Wildman–Crippen MR) is 59.4 cm³/mol. The van der Waals surface area contributed by atoms with Crippen molar-refractivity contribution in [2.45, 2.75) is 19.3 Å². The molecule has 4 nitrogen and oxygen atoms in total. The Morgan fingerprint density at radius 3 is 3.06 bits per heavy atom. The van der Waals surface area contributed by atoms with Gasteiger partial charge in [-0.3, -0.25) is 4.98 Å². The molecule has 0 saturated carbocycles. The van der Waals surface area contributed by atoms with Gasteiger partial charge in [0.2, 0.25) is 5.82 Å². The predicted octanol–water partition coefficient (Wildman–Crippen LogP) is 2.70. The minimum Gasteiger partial charge on any atom is -0.334 e. The lowest BCUT2D eigenvalue weighted by Crippen LogP contribution is -1.83. The second-order valence-electron chi connectivity index (χ2n) is 3.79. The van der Waals surface area contributed by atoms with E-state index in [0.717, 1.165) is 18.4 Å². The fourth-order valence-electron chi connectivity index (χ4n) is 1.83. The molecule has 3 rings (SSSR count). The van der Waals surface area contributed by atoms with Crippen LogP contribution in [0.15, 0.2) is 35.1 Å². The lowest BCUT2D eigenvalue weighted by molar-refractivity contribution is 0.407. The first-order valence-electron chi connectivity index (χ1n) is 5.37. The van der Waals surface area contributed by atoms with Gasteiger partial charge in [0.1, 0.15) is 0 Å². The van der Waals surface area contributed by atoms with Crippen molar-refractivity contribution in [2.24, 2.45) is 0 Å². The lowest BCUT2D eigenvalue weighted by atomic mass is 10.2. The Labute approximate surface area is 93.0 Å². The highest BCUT2D eigenvalue weighted by Crippen LogP contribution is 2.27. The van der Waals surface area contributed by atoms with Gasteiger partial charge in [-0.1, -0.05) is 11.2 Å². The molecule has 0 atom stereocenters. The fourth-order valence-corrected chi connectivity index (χ4v) is 1.83. The van der Waals surface area contributed by atoms with E-state index in [1.807, 2.05) is 12.1 Å². The zero-order valence-corrected chi connectivity index (χ0v) is 8.76. The maximum atomic E-state index is 5.25. The van der Waals surface area contributed by atoms with Gasteiger partial charge in [-0.2, -0.15) is 4.98 Å². The van der Waals surface area contributed by atoms with Gasteiger partial charge < -0.3 is 4.52 Å². The van der Waals surface area contributed by atoms with Crippen molar-refractivity contribution in [3.63, 3.8) is 0 Å². The van der Waals surface area contributed by atoms with Crippen LogP contribution >= 0.6 is 0 Å². The summed E-state index contributed by atoms with van der Waals surface area (Å²) < 4.78 is 5.25. The Morgan fingerprint density at radius 2 is 2.31 bits per heavy atom. The monoisotopic (exact) mass is 213 g/mol. The van der Waals surface area contributed by atoms with Crippen LogP contribution in [0.2, 0.25) is 0 Å². The summed E-state index contributed by atoms with van der Waals surface area (Å²) in [5.74, 6) is 1.26. The summed E-state index contributed by atoms with van der Waals surface area (Å²) in [6.45, 7) is 0. The van der Waals surface area contributed by atoms with Crippen molar-refractivity contribution in [1.29, 1.82) is 0 Å². The molecule has 0 aromatic carbocycles. The van der Waals surface area contributed by atoms with Gasteiger partial charge in [-0.15, -0.1) is 0 Å². The van der Waals surface area contributed by atoms with Crippen LogP contribution in [0.25, 0.3) is 17.0 Å². The van der Waals surface area contributed by atoms with Crippen LogP contribution in [0.4, 0.5) is 0 Å². The van der Waals surface area contributed by atoms with Gasteiger partial charge in [0, 0.05) is 23.5 Å². The molecule has 0 fully saturated rings. The molecule has 0 N–H and O–H groups in total. The van der Waals surface area contributed by atoms with Crippen molar-refractivity contribution in [1.82, 2.24) is 15.1 Å². The molecule has 0 unspecified atom stereocenters. The quantitative estimate of drug-likeness (QED) is 0.769. The molecule has 0 spiro atoms. The number of allylic oxidation sites excluding steroid dienone is 2. The van der Waals surface area contributed by atoms with Crippen molar-refractivity contribution in [2.75, 3.05) is 0 Å². The van der Waals surface area contributed by atoms with E-state index < -0.39 is 0 Å². The van der Waals surface area contributed by atoms with Crippen LogP contribution in [-0.4, -0.2) is 15.1 Å². The van der Waals surface area contributed by atoms with E-state index in [-0.39, 0.29) is 0 Å². The zero-order chi connectivity index (χ0) is 10.8. The second kappa shape index (κ2) is 3.89. The second-order valence-corrected chi connectivity index (χ2v) is 3.79. The van der Waals surface area contributed by atoms with Crippen molar-refractivity contribution in [3.8, 4) is 11.4 Å². The van der Waals surface area contributed by atoms with E-state index in [9.17, 15) is 0 Å². The van der Waals surface area contributed by atoms with Crippen molar-refractivity contribution in [3.05, 3.63) is 36.5 Å². The average Bonchev–Trinajstić information content (AvgIpc) is 3.01. The third kappa shape index (κ3) is 1.62. The molecule has 1 aliphatic carbocycles. The smallest absolute Gasteiger partial charge is 0.253 e. The standard InChI is InChI=1S/C12H11N3O/c1-2-5-9(4-1)12-14-11(15-16-12)10-6-3-7-13-8-10/h3-4,6-8H,1-2,5H2. The minimum atomic E-state index is 0.607. The normalized spacial score (nSPS) is 15.1. The number of aromatic nitrogens is 3. The molecule has 0 saturated heterocycles. The van der Waals surface area contributed by atoms with Gasteiger partial charge in [-0.25, -0.2) is 0 Å². The molecule has 0 radical (unpaired) electrons. The molecule has 2 aromatic heterocycles. The fraction of sp³-hybridized carbons (Fsp3) is 0.250. The van der Waals surface area contributed by atoms with E-state index in [1.165, 1.54) is 12.0 Å². The lowest BCUT2D eigenvalue weighted by Gasteiger charge is -1.91. The van der Waals surface area contributed by atoms with E-state index in [0.29, 0.717) is 11.7 Å². The van der Waals surface area contributed by atoms with E-state index in [4.69, 9.17) is 4.52 Å². The summed E-state index contributed by atoms with van der Waals surface area (Å²) in [7, 11) is 0. The third-order valence-electron chi connectivity index (χ3n) is 2.66. The first kappa shape index (κ1) is 9.27. The molecule has 0 aliphatic heterocycles. The van der Waals surface area contributed by atoms with Gasteiger partial charge in [0.25, 0.3) is 5.89 Å². The van der Waals surface area contributed by atoms with Crippen LogP contribution < -0.4 is 0 Å². The molecule has 16 heavy (non-hydrogen) atoms. The van der Waals surface area contributed by atoms with E-state index >= 15 is 0 Å². The Balaban J connectivity index is 1.94. The van der Waals surface area contributed by atoms with Crippen LogP contribution in [0.5, 0.6) is 0 Å². The summed E-state index contributed by atoms with van der Waals surface area (Å²) in [6, 6.07) is 3.78. The number of nitrogens with zero attached hydrogens (tertiary/aromatic N) is 3. The number of pyridine rings is 1. The first-order chi connectivity index (χ1) is 7.93. The highest BCUT2D eigenvalue weighted by Gasteiger charge is 2.15. The summed E-state index contributed by atoms with van der Waals surface area (Å²) >= 11 is 0. The summed E-state index contributed by atoms with van der Waals surface area (Å²) in [4.78, 5) is 8.41. The van der Waals surface area contributed by atoms with Crippen LogP contribution in [0, 0.1) is 0 Å². The summed E-state index contributed by atoms with van der Waals surface area (Å²) in [5.41, 5.74) is 2.05. The molecule has 1 aliphatic rings.